The van der Waals surface area contributed by atoms with Crippen LogP contribution in [0, 0.1) is 6.92 Å². The van der Waals surface area contributed by atoms with Crippen molar-refractivity contribution in [1.82, 2.24) is 15.0 Å². The molecule has 0 fully saturated rings. The third kappa shape index (κ3) is 2.29. The van der Waals surface area contributed by atoms with Crippen LogP contribution in [0.25, 0.3) is 22.4 Å². The number of aromatic nitrogens is 3. The molecule has 2 heterocycles. The van der Waals surface area contributed by atoms with Crippen LogP contribution >= 0.6 is 31.9 Å². The van der Waals surface area contributed by atoms with Crippen LogP contribution < -0.4 is 5.56 Å². The minimum absolute atomic E-state index is 0.214. The Morgan fingerprint density at radius 2 is 1.90 bits per heavy atom. The molecule has 0 saturated carbocycles. The molecular weight excluding hydrogens is 386 g/mol. The number of aromatic amines is 1. The number of H-pyrrole nitrogens is 1. The highest BCUT2D eigenvalue weighted by molar-refractivity contribution is 9.10. The lowest BCUT2D eigenvalue weighted by Gasteiger charge is -2.07. The Kier molecular flexibility index (Phi) is 3.43. The van der Waals surface area contributed by atoms with Gasteiger partial charge in [-0.05, 0) is 50.9 Å². The predicted molar refractivity (Wildman–Crippen MR) is 85.7 cm³/mol. The molecule has 1 aromatic carbocycles. The second kappa shape index (κ2) is 5.10. The van der Waals surface area contributed by atoms with Gasteiger partial charge in [0.2, 0.25) is 0 Å². The van der Waals surface area contributed by atoms with E-state index in [0.717, 1.165) is 15.4 Å². The van der Waals surface area contributed by atoms with E-state index in [1.54, 1.807) is 6.92 Å². The summed E-state index contributed by atoms with van der Waals surface area (Å²) in [7, 11) is 0. The van der Waals surface area contributed by atoms with Crippen molar-refractivity contribution in [2.75, 3.05) is 0 Å². The van der Waals surface area contributed by atoms with E-state index in [1.165, 1.54) is 0 Å². The first-order valence-electron chi connectivity index (χ1n) is 5.88. The number of hydrogen-bond acceptors (Lipinski definition) is 3. The molecule has 0 aliphatic rings. The third-order valence-electron chi connectivity index (χ3n) is 2.93. The molecule has 4 nitrogen and oxygen atoms in total. The molecule has 1 N–H and O–H groups in total. The number of benzene rings is 1. The summed E-state index contributed by atoms with van der Waals surface area (Å²) < 4.78 is 1.24. The van der Waals surface area contributed by atoms with Crippen molar-refractivity contribution in [2.24, 2.45) is 0 Å². The topological polar surface area (TPSA) is 58.6 Å². The van der Waals surface area contributed by atoms with Crippen molar-refractivity contribution in [3.8, 4) is 11.5 Å². The molecule has 2 aromatic heterocycles. The number of nitrogens with zero attached hydrogens (tertiary/aromatic N) is 2. The normalized spacial score (nSPS) is 10.9. The Bertz CT molecular complexity index is 874. The van der Waals surface area contributed by atoms with Gasteiger partial charge in [0, 0.05) is 9.86 Å². The Balaban J connectivity index is 2.29. The average molecular weight is 395 g/mol. The zero-order valence-corrected chi connectivity index (χ0v) is 13.6. The quantitative estimate of drug-likeness (QED) is 0.682. The summed E-state index contributed by atoms with van der Waals surface area (Å²) >= 11 is 6.69. The fourth-order valence-electron chi connectivity index (χ4n) is 1.94. The summed E-state index contributed by atoms with van der Waals surface area (Å²) in [6, 6.07) is 9.76. The molecule has 3 rings (SSSR count). The predicted octanol–water partition coefficient (Wildman–Crippen LogP) is 3.82. The highest BCUT2D eigenvalue weighted by atomic mass is 79.9. The molecule has 0 unspecified atom stereocenters. The Morgan fingerprint density at radius 3 is 2.65 bits per heavy atom. The number of halogens is 2. The SMILES string of the molecule is Cc1nc(-c2nc3ccccc3cc2Br)[nH]c(=O)c1Br. The fraction of sp³-hybridized carbons (Fsp3) is 0.0714. The molecule has 6 heteroatoms. The largest absolute Gasteiger partial charge is 0.304 e. The van der Waals surface area contributed by atoms with Crippen molar-refractivity contribution in [1.29, 1.82) is 0 Å². The number of pyridine rings is 1. The summed E-state index contributed by atoms with van der Waals surface area (Å²) in [5.74, 6) is 0.452. The van der Waals surface area contributed by atoms with Gasteiger partial charge in [0.25, 0.3) is 5.56 Å². The second-order valence-electron chi connectivity index (χ2n) is 4.33. The van der Waals surface area contributed by atoms with Crippen molar-refractivity contribution in [3.63, 3.8) is 0 Å². The first-order chi connectivity index (χ1) is 9.56. The maximum absolute atomic E-state index is 11.8. The molecule has 20 heavy (non-hydrogen) atoms. The molecule has 0 amide bonds. The molecule has 0 bridgehead atoms. The summed E-state index contributed by atoms with van der Waals surface area (Å²) in [6.07, 6.45) is 0. The van der Waals surface area contributed by atoms with Crippen molar-refractivity contribution < 1.29 is 0 Å². The van der Waals surface area contributed by atoms with Gasteiger partial charge in [0.1, 0.15) is 10.2 Å². The van der Waals surface area contributed by atoms with E-state index in [2.05, 4.69) is 46.8 Å². The van der Waals surface area contributed by atoms with Crippen molar-refractivity contribution in [2.45, 2.75) is 6.92 Å². The highest BCUT2D eigenvalue weighted by Gasteiger charge is 2.12. The lowest BCUT2D eigenvalue weighted by Crippen LogP contribution is -2.12. The van der Waals surface area contributed by atoms with E-state index in [0.29, 0.717) is 21.7 Å². The summed E-state index contributed by atoms with van der Waals surface area (Å²) in [6.45, 7) is 1.78. The van der Waals surface area contributed by atoms with Crippen LogP contribution in [0.4, 0.5) is 0 Å². The Morgan fingerprint density at radius 1 is 1.15 bits per heavy atom. The molecule has 0 aliphatic heterocycles. The molecule has 0 saturated heterocycles. The number of fused-ring (bicyclic) bond motifs is 1. The van der Waals surface area contributed by atoms with Gasteiger partial charge in [0.15, 0.2) is 5.82 Å². The Hall–Kier alpha value is -1.53. The van der Waals surface area contributed by atoms with Crippen LogP contribution in [-0.4, -0.2) is 15.0 Å². The van der Waals surface area contributed by atoms with E-state index in [4.69, 9.17) is 0 Å². The second-order valence-corrected chi connectivity index (χ2v) is 5.97. The van der Waals surface area contributed by atoms with Gasteiger partial charge in [-0.1, -0.05) is 18.2 Å². The van der Waals surface area contributed by atoms with Crippen LogP contribution in [0.1, 0.15) is 5.69 Å². The van der Waals surface area contributed by atoms with Gasteiger partial charge >= 0.3 is 0 Å². The first-order valence-corrected chi connectivity index (χ1v) is 7.47. The summed E-state index contributed by atoms with van der Waals surface area (Å²) in [4.78, 5) is 23.5. The molecule has 0 radical (unpaired) electrons. The van der Waals surface area contributed by atoms with Gasteiger partial charge in [-0.2, -0.15) is 0 Å². The van der Waals surface area contributed by atoms with E-state index in [1.807, 2.05) is 30.3 Å². The van der Waals surface area contributed by atoms with E-state index < -0.39 is 0 Å². The van der Waals surface area contributed by atoms with Crippen molar-refractivity contribution >= 4 is 42.8 Å². The van der Waals surface area contributed by atoms with E-state index in [-0.39, 0.29) is 5.56 Å². The maximum Gasteiger partial charge on any atom is 0.265 e. The van der Waals surface area contributed by atoms with E-state index in [9.17, 15) is 4.79 Å². The number of aryl methyl sites for hydroxylation is 1. The maximum atomic E-state index is 11.8. The molecular formula is C14H9Br2N3O. The average Bonchev–Trinajstić information content (AvgIpc) is 2.43. The standard InChI is InChI=1S/C14H9Br2N3O/c1-7-11(16)14(20)19-13(17-7)12-9(15)6-8-4-2-3-5-10(8)18-12/h2-6H,1H3,(H,17,19,20). The Labute approximate surface area is 131 Å². The lowest BCUT2D eigenvalue weighted by atomic mass is 10.2. The number of hydrogen-bond donors (Lipinski definition) is 1. The molecule has 0 spiro atoms. The van der Waals surface area contributed by atoms with Gasteiger partial charge in [-0.3, -0.25) is 4.79 Å². The minimum Gasteiger partial charge on any atom is -0.304 e. The number of nitrogens with one attached hydrogen (secondary N) is 1. The fourth-order valence-corrected chi connectivity index (χ4v) is 2.65. The molecule has 100 valence electrons. The highest BCUT2D eigenvalue weighted by Crippen LogP contribution is 2.27. The first kappa shape index (κ1) is 13.5. The zero-order valence-electron chi connectivity index (χ0n) is 10.4. The monoisotopic (exact) mass is 393 g/mol. The minimum atomic E-state index is -0.214. The van der Waals surface area contributed by atoms with Gasteiger partial charge < -0.3 is 4.98 Å². The van der Waals surface area contributed by atoms with Crippen LogP contribution in [0.3, 0.4) is 0 Å². The van der Waals surface area contributed by atoms with Gasteiger partial charge in [0.05, 0.1) is 11.2 Å². The van der Waals surface area contributed by atoms with Crippen molar-refractivity contribution in [3.05, 3.63) is 55.3 Å². The number of para-hydroxylation sites is 1. The zero-order chi connectivity index (χ0) is 14.3. The third-order valence-corrected chi connectivity index (χ3v) is 4.47. The van der Waals surface area contributed by atoms with Crippen LogP contribution in [0.5, 0.6) is 0 Å². The van der Waals surface area contributed by atoms with Gasteiger partial charge in [-0.25, -0.2) is 9.97 Å². The van der Waals surface area contributed by atoms with Crippen LogP contribution in [-0.2, 0) is 0 Å². The summed E-state index contributed by atoms with van der Waals surface area (Å²) in [5, 5.41) is 1.03. The van der Waals surface area contributed by atoms with Gasteiger partial charge in [-0.15, -0.1) is 0 Å². The smallest absolute Gasteiger partial charge is 0.265 e. The van der Waals surface area contributed by atoms with Crippen LogP contribution in [0.15, 0.2) is 44.1 Å². The summed E-state index contributed by atoms with van der Waals surface area (Å²) in [5.41, 5.74) is 1.89. The van der Waals surface area contributed by atoms with Crippen LogP contribution in [0.2, 0.25) is 0 Å². The lowest BCUT2D eigenvalue weighted by molar-refractivity contribution is 1.04. The number of rotatable bonds is 1. The molecule has 0 aliphatic carbocycles. The molecule has 3 aromatic rings. The van der Waals surface area contributed by atoms with E-state index >= 15 is 0 Å². The molecule has 0 atom stereocenters.